The van der Waals surface area contributed by atoms with Gasteiger partial charge in [0.25, 0.3) is 0 Å². The van der Waals surface area contributed by atoms with Crippen LogP contribution in [-0.4, -0.2) is 13.2 Å². The van der Waals surface area contributed by atoms with Crippen LogP contribution in [0.25, 0.3) is 22.3 Å². The molecular weight excluding hydrogens is 512 g/mol. The second-order valence-electron chi connectivity index (χ2n) is 12.0. The van der Waals surface area contributed by atoms with Crippen molar-refractivity contribution in [2.24, 2.45) is 0 Å². The summed E-state index contributed by atoms with van der Waals surface area (Å²) in [6, 6.07) is 26.3. The summed E-state index contributed by atoms with van der Waals surface area (Å²) >= 11 is 0. The minimum Gasteiger partial charge on any atom is -0.494 e. The molecular formula is C40H58O2. The summed E-state index contributed by atoms with van der Waals surface area (Å²) in [7, 11) is 0. The number of ether oxygens (including phenoxy) is 2. The highest BCUT2D eigenvalue weighted by Gasteiger charge is 2.10. The third-order valence-corrected chi connectivity index (χ3v) is 8.42. The average Bonchev–Trinajstić information content (AvgIpc) is 3.03. The van der Waals surface area contributed by atoms with E-state index in [-0.39, 0.29) is 6.10 Å². The van der Waals surface area contributed by atoms with E-state index in [9.17, 15) is 0 Å². The maximum atomic E-state index is 6.18. The van der Waals surface area contributed by atoms with Gasteiger partial charge in [0, 0.05) is 6.61 Å². The smallest absolute Gasteiger partial charge is 0.119 e. The molecule has 0 saturated carbocycles. The van der Waals surface area contributed by atoms with Gasteiger partial charge in [-0.25, -0.2) is 0 Å². The molecule has 2 nitrogen and oxygen atoms in total. The molecule has 0 fully saturated rings. The van der Waals surface area contributed by atoms with Crippen molar-refractivity contribution in [3.63, 3.8) is 0 Å². The Morgan fingerprint density at radius 3 is 1.40 bits per heavy atom. The van der Waals surface area contributed by atoms with Gasteiger partial charge in [-0.15, -0.1) is 0 Å². The van der Waals surface area contributed by atoms with Gasteiger partial charge in [0.2, 0.25) is 0 Å². The van der Waals surface area contributed by atoms with Crippen LogP contribution in [0.3, 0.4) is 0 Å². The molecule has 0 aliphatic heterocycles. The first-order valence-corrected chi connectivity index (χ1v) is 17.3. The summed E-state index contributed by atoms with van der Waals surface area (Å²) < 4.78 is 12.2. The molecule has 0 spiro atoms. The van der Waals surface area contributed by atoms with E-state index < -0.39 is 0 Å². The fraction of sp³-hybridized carbons (Fsp3) is 0.550. The fourth-order valence-electron chi connectivity index (χ4n) is 5.67. The van der Waals surface area contributed by atoms with Gasteiger partial charge in [-0.1, -0.05) is 164 Å². The Hall–Kier alpha value is -2.58. The summed E-state index contributed by atoms with van der Waals surface area (Å²) in [4.78, 5) is 0. The molecule has 230 valence electrons. The Kier molecular flexibility index (Phi) is 17.1. The minimum absolute atomic E-state index is 0.122. The van der Waals surface area contributed by atoms with Crippen molar-refractivity contribution in [2.75, 3.05) is 13.2 Å². The molecule has 0 radical (unpaired) electrons. The first kappa shape index (κ1) is 33.9. The maximum absolute atomic E-state index is 6.18. The van der Waals surface area contributed by atoms with Gasteiger partial charge in [-0.3, -0.25) is 0 Å². The van der Waals surface area contributed by atoms with E-state index in [1.54, 1.807) is 0 Å². The van der Waals surface area contributed by atoms with E-state index in [1.165, 1.54) is 118 Å². The number of hydrogen-bond acceptors (Lipinski definition) is 2. The topological polar surface area (TPSA) is 18.5 Å². The van der Waals surface area contributed by atoms with E-state index in [0.717, 1.165) is 31.8 Å². The van der Waals surface area contributed by atoms with Gasteiger partial charge in [0.05, 0.1) is 12.7 Å². The number of unbranched alkanes of at least 4 members (excludes halogenated alkanes) is 14. The molecule has 0 N–H and O–H groups in total. The Labute approximate surface area is 258 Å². The van der Waals surface area contributed by atoms with Gasteiger partial charge in [-0.05, 0) is 59.7 Å². The maximum Gasteiger partial charge on any atom is 0.119 e. The Balaban J connectivity index is 1.44. The average molecular weight is 571 g/mol. The number of benzene rings is 3. The van der Waals surface area contributed by atoms with E-state index in [0.29, 0.717) is 0 Å². The summed E-state index contributed by atoms with van der Waals surface area (Å²) in [5, 5.41) is 0. The van der Waals surface area contributed by atoms with Crippen molar-refractivity contribution in [1.29, 1.82) is 0 Å². The second kappa shape index (κ2) is 21.2. The fourth-order valence-corrected chi connectivity index (χ4v) is 5.67. The monoisotopic (exact) mass is 570 g/mol. The van der Waals surface area contributed by atoms with Gasteiger partial charge >= 0.3 is 0 Å². The van der Waals surface area contributed by atoms with E-state index >= 15 is 0 Å². The highest BCUT2D eigenvalue weighted by atomic mass is 16.5. The number of rotatable bonds is 23. The first-order chi connectivity index (χ1) is 20.7. The Bertz CT molecular complexity index is 1070. The third-order valence-electron chi connectivity index (χ3n) is 8.42. The molecule has 3 aromatic carbocycles. The molecule has 0 heterocycles. The molecule has 42 heavy (non-hydrogen) atoms. The van der Waals surface area contributed by atoms with Crippen molar-refractivity contribution >= 4 is 0 Å². The van der Waals surface area contributed by atoms with Crippen molar-refractivity contribution in [1.82, 2.24) is 0 Å². The molecule has 0 aromatic heterocycles. The molecule has 2 heteroatoms. The summed E-state index contributed by atoms with van der Waals surface area (Å²) in [5.74, 6) is 0.962. The van der Waals surface area contributed by atoms with Gasteiger partial charge < -0.3 is 9.47 Å². The zero-order chi connectivity index (χ0) is 29.7. The van der Waals surface area contributed by atoms with E-state index in [1.807, 2.05) is 0 Å². The predicted molar refractivity (Wildman–Crippen MR) is 182 cm³/mol. The van der Waals surface area contributed by atoms with Crippen LogP contribution in [0.1, 0.15) is 135 Å². The summed E-state index contributed by atoms with van der Waals surface area (Å²) in [6.45, 7) is 8.38. The third kappa shape index (κ3) is 12.7. The summed E-state index contributed by atoms with van der Waals surface area (Å²) in [5.41, 5.74) is 6.20. The molecule has 3 rings (SSSR count). The van der Waals surface area contributed by atoms with Crippen molar-refractivity contribution in [3.8, 4) is 28.0 Å². The molecule has 3 aromatic rings. The molecule has 0 bridgehead atoms. The Morgan fingerprint density at radius 1 is 0.476 bits per heavy atom. The van der Waals surface area contributed by atoms with Gasteiger partial charge in [0.15, 0.2) is 0 Å². The summed E-state index contributed by atoms with van der Waals surface area (Å²) in [6.07, 6.45) is 21.3. The van der Waals surface area contributed by atoms with Crippen molar-refractivity contribution < 1.29 is 9.47 Å². The largest absolute Gasteiger partial charge is 0.494 e. The standard InChI is InChI=1S/C40H58O2/c1-4-6-8-10-12-14-16-20-32-41-34(3)35-24-26-36(27-25-35)39-22-18-19-23-40(39)37-28-30-38(31-29-37)42-33-21-17-15-13-11-9-7-5-2/h18-19,22-31,34H,4-17,20-21,32-33H2,1-3H3. The molecule has 0 saturated heterocycles. The highest BCUT2D eigenvalue weighted by Crippen LogP contribution is 2.33. The quantitative estimate of drug-likeness (QED) is 0.106. The zero-order valence-corrected chi connectivity index (χ0v) is 27.0. The van der Waals surface area contributed by atoms with Crippen LogP contribution in [0, 0.1) is 0 Å². The SMILES string of the molecule is CCCCCCCCCCOc1ccc(-c2ccccc2-c2ccc(C(C)OCCCCCCCCCC)cc2)cc1. The minimum atomic E-state index is 0.122. The van der Waals surface area contributed by atoms with Crippen LogP contribution in [0.2, 0.25) is 0 Å². The van der Waals surface area contributed by atoms with E-state index in [2.05, 4.69) is 93.6 Å². The van der Waals surface area contributed by atoms with Gasteiger partial charge in [0.1, 0.15) is 5.75 Å². The van der Waals surface area contributed by atoms with Crippen LogP contribution in [0.4, 0.5) is 0 Å². The lowest BCUT2D eigenvalue weighted by Gasteiger charge is -2.15. The lowest BCUT2D eigenvalue weighted by atomic mass is 9.94. The van der Waals surface area contributed by atoms with Gasteiger partial charge in [-0.2, -0.15) is 0 Å². The van der Waals surface area contributed by atoms with Crippen LogP contribution >= 0.6 is 0 Å². The van der Waals surface area contributed by atoms with Crippen molar-refractivity contribution in [2.45, 2.75) is 130 Å². The van der Waals surface area contributed by atoms with Crippen molar-refractivity contribution in [3.05, 3.63) is 78.4 Å². The molecule has 0 aliphatic carbocycles. The van der Waals surface area contributed by atoms with Crippen LogP contribution < -0.4 is 4.74 Å². The molecule has 1 unspecified atom stereocenters. The molecule has 1 atom stereocenters. The van der Waals surface area contributed by atoms with Crippen LogP contribution in [0.15, 0.2) is 72.8 Å². The Morgan fingerprint density at radius 2 is 0.905 bits per heavy atom. The highest BCUT2D eigenvalue weighted by molar-refractivity contribution is 5.83. The first-order valence-electron chi connectivity index (χ1n) is 17.3. The van der Waals surface area contributed by atoms with Crippen LogP contribution in [0.5, 0.6) is 5.75 Å². The predicted octanol–water partition coefficient (Wildman–Crippen LogP) is 12.8. The molecule has 0 amide bonds. The lowest BCUT2D eigenvalue weighted by molar-refractivity contribution is 0.0627. The number of hydrogen-bond donors (Lipinski definition) is 0. The lowest BCUT2D eigenvalue weighted by Crippen LogP contribution is -2.02. The van der Waals surface area contributed by atoms with E-state index in [4.69, 9.17) is 9.47 Å². The zero-order valence-electron chi connectivity index (χ0n) is 27.0. The second-order valence-corrected chi connectivity index (χ2v) is 12.0. The van der Waals surface area contributed by atoms with Crippen LogP contribution in [-0.2, 0) is 4.74 Å². The molecule has 0 aliphatic rings. The normalized spacial score (nSPS) is 12.0.